The number of halogens is 2. The van der Waals surface area contributed by atoms with Gasteiger partial charge in [0.15, 0.2) is 0 Å². The molecule has 2 N–H and O–H groups in total. The van der Waals surface area contributed by atoms with Gasteiger partial charge in [-0.1, -0.05) is 42.0 Å². The van der Waals surface area contributed by atoms with Crippen molar-refractivity contribution in [3.8, 4) is 0 Å². The number of pyridine rings is 1. The van der Waals surface area contributed by atoms with Crippen LogP contribution in [0.15, 0.2) is 76.6 Å². The van der Waals surface area contributed by atoms with Crippen LogP contribution in [0.5, 0.6) is 0 Å². The predicted molar refractivity (Wildman–Crippen MR) is 125 cm³/mol. The third-order valence-electron chi connectivity index (χ3n) is 4.83. The summed E-state index contributed by atoms with van der Waals surface area (Å²) in [5, 5.41) is 2.64. The normalized spacial score (nSPS) is 11.4. The Hall–Kier alpha value is -4.14. The summed E-state index contributed by atoms with van der Waals surface area (Å²) in [7, 11) is 0. The van der Waals surface area contributed by atoms with Crippen LogP contribution in [0.4, 0.5) is 8.78 Å². The first-order valence-corrected chi connectivity index (χ1v) is 10.1. The van der Waals surface area contributed by atoms with Crippen LogP contribution in [0.3, 0.4) is 0 Å². The van der Waals surface area contributed by atoms with Crippen molar-refractivity contribution >= 4 is 16.8 Å². The number of benzene rings is 2. The van der Waals surface area contributed by atoms with Crippen LogP contribution >= 0.6 is 0 Å². The Kier molecular flexibility index (Phi) is 7.45. The van der Waals surface area contributed by atoms with Crippen LogP contribution in [-0.4, -0.2) is 20.4 Å². The molecule has 0 aliphatic rings. The summed E-state index contributed by atoms with van der Waals surface area (Å²) in [6, 6.07) is 14.0. The molecule has 9 heteroatoms. The molecule has 0 aliphatic heterocycles. The Morgan fingerprint density at radius 2 is 1.88 bits per heavy atom. The summed E-state index contributed by atoms with van der Waals surface area (Å²) in [4.78, 5) is 42.9. The molecule has 174 valence electrons. The summed E-state index contributed by atoms with van der Waals surface area (Å²) in [5.74, 6) is -2.20. The number of aromatic nitrogens is 3. The number of fused-ring (bicyclic) bond motifs is 1. The maximum atomic E-state index is 13.8. The van der Waals surface area contributed by atoms with E-state index >= 15 is 0 Å². The zero-order chi connectivity index (χ0) is 24.0. The molecule has 2 aromatic heterocycles. The van der Waals surface area contributed by atoms with Crippen molar-refractivity contribution in [2.24, 2.45) is 0 Å². The van der Waals surface area contributed by atoms with Gasteiger partial charge in [-0.15, -0.1) is 0 Å². The largest absolute Gasteiger partial charge is 0.348 e. The molecular weight excluding hydrogens is 430 g/mol. The number of amides is 1. The molecule has 2 aromatic carbocycles. The predicted octanol–water partition coefficient (Wildman–Crippen LogP) is 3.73. The summed E-state index contributed by atoms with van der Waals surface area (Å²) >= 11 is 0. The second-order valence-electron chi connectivity index (χ2n) is 7.35. The van der Waals surface area contributed by atoms with Crippen molar-refractivity contribution < 1.29 is 16.4 Å². The number of aryl methyl sites for hydroxylation is 1. The fourth-order valence-corrected chi connectivity index (χ4v) is 3.13. The number of carbonyl (C=O) groups excluding carboxylic acids is 1. The van der Waals surface area contributed by atoms with Crippen molar-refractivity contribution in [1.82, 2.24) is 19.9 Å². The van der Waals surface area contributed by atoms with Crippen molar-refractivity contribution in [2.75, 3.05) is 0 Å². The van der Waals surface area contributed by atoms with E-state index in [-0.39, 0.29) is 13.8 Å². The standard InChI is InChI=1S/C17H14F2N4O3.C7H8.2H2/c1-9(11-3-2-10(18)6-13(11)19)21-15(24)8-23-16(25)12-7-20-5-4-14(12)22-17(23)26;1-7-5-3-2-4-6-7;;/h2-7,9H,8H2,1H3,(H,21,24)(H,22,26);2-6H,1H3;2*1H/t9-;;;/m0.../s1. The second-order valence-corrected chi connectivity index (χ2v) is 7.35. The Morgan fingerprint density at radius 3 is 2.52 bits per heavy atom. The summed E-state index contributed by atoms with van der Waals surface area (Å²) in [5.41, 5.74) is 0.316. The Balaban J connectivity index is 0.000000588. The van der Waals surface area contributed by atoms with E-state index in [9.17, 15) is 23.2 Å². The van der Waals surface area contributed by atoms with Gasteiger partial charge in [0.05, 0.1) is 16.9 Å². The van der Waals surface area contributed by atoms with Crippen molar-refractivity contribution in [3.05, 3.63) is 111 Å². The minimum absolute atomic E-state index is 0. The molecule has 0 bridgehead atoms. The SMILES string of the molecule is C[C@H](NC(=O)Cn1c(=O)[nH]c2ccncc2c1=O)c1ccc(F)cc1F.Cc1ccccc1.[HH].[HH]. The molecule has 33 heavy (non-hydrogen) atoms. The van der Waals surface area contributed by atoms with E-state index in [0.29, 0.717) is 11.6 Å². The van der Waals surface area contributed by atoms with Crippen LogP contribution < -0.4 is 16.6 Å². The van der Waals surface area contributed by atoms with E-state index in [1.807, 2.05) is 18.2 Å². The van der Waals surface area contributed by atoms with Gasteiger partial charge >= 0.3 is 5.69 Å². The molecule has 4 rings (SSSR count). The second kappa shape index (κ2) is 10.4. The fraction of sp³-hybridized carbons (Fsp3) is 0.167. The number of nitrogens with one attached hydrogen (secondary N) is 2. The third kappa shape index (κ3) is 5.97. The van der Waals surface area contributed by atoms with Crippen LogP contribution in [0.25, 0.3) is 10.9 Å². The monoisotopic (exact) mass is 456 g/mol. The lowest BCUT2D eigenvalue weighted by atomic mass is 10.1. The Morgan fingerprint density at radius 1 is 1.15 bits per heavy atom. The van der Waals surface area contributed by atoms with E-state index in [0.717, 1.165) is 10.6 Å². The first-order chi connectivity index (χ1) is 15.8. The van der Waals surface area contributed by atoms with Gasteiger partial charge in [-0.05, 0) is 26.0 Å². The lowest BCUT2D eigenvalue weighted by Crippen LogP contribution is -2.41. The number of rotatable bonds is 4. The van der Waals surface area contributed by atoms with E-state index < -0.39 is 41.4 Å². The molecule has 0 radical (unpaired) electrons. The smallest absolute Gasteiger partial charge is 0.329 e. The first-order valence-electron chi connectivity index (χ1n) is 10.1. The number of carbonyl (C=O) groups is 1. The highest BCUT2D eigenvalue weighted by molar-refractivity contribution is 5.78. The maximum Gasteiger partial charge on any atom is 0.329 e. The number of hydrogen-bond donors (Lipinski definition) is 2. The lowest BCUT2D eigenvalue weighted by Gasteiger charge is -2.15. The number of aromatic amines is 1. The van der Waals surface area contributed by atoms with Crippen molar-refractivity contribution in [3.63, 3.8) is 0 Å². The van der Waals surface area contributed by atoms with Gasteiger partial charge < -0.3 is 10.3 Å². The summed E-state index contributed by atoms with van der Waals surface area (Å²) in [6.07, 6.45) is 2.71. The molecule has 1 amide bonds. The van der Waals surface area contributed by atoms with Gasteiger partial charge in [-0.25, -0.2) is 13.6 Å². The first kappa shape index (κ1) is 23.5. The average Bonchev–Trinajstić information content (AvgIpc) is 2.77. The number of hydrogen-bond acceptors (Lipinski definition) is 4. The zero-order valence-corrected chi connectivity index (χ0v) is 18.0. The molecular formula is C24H26F2N4O3. The van der Waals surface area contributed by atoms with E-state index in [2.05, 4.69) is 34.3 Å². The molecule has 0 unspecified atom stereocenters. The Labute approximate surface area is 190 Å². The molecule has 0 fully saturated rings. The summed E-state index contributed by atoms with van der Waals surface area (Å²) < 4.78 is 27.5. The van der Waals surface area contributed by atoms with Crippen LogP contribution in [-0.2, 0) is 11.3 Å². The molecule has 0 aliphatic carbocycles. The highest BCUT2D eigenvalue weighted by Gasteiger charge is 2.16. The molecule has 0 saturated heterocycles. The van der Waals surface area contributed by atoms with Crippen molar-refractivity contribution in [2.45, 2.75) is 26.4 Å². The van der Waals surface area contributed by atoms with Crippen LogP contribution in [0.2, 0.25) is 0 Å². The van der Waals surface area contributed by atoms with Crippen LogP contribution in [0.1, 0.15) is 26.9 Å². The van der Waals surface area contributed by atoms with E-state index in [1.165, 1.54) is 37.0 Å². The molecule has 4 aromatic rings. The highest BCUT2D eigenvalue weighted by atomic mass is 19.1. The Bertz CT molecular complexity index is 1400. The lowest BCUT2D eigenvalue weighted by molar-refractivity contribution is -0.122. The van der Waals surface area contributed by atoms with E-state index in [4.69, 9.17) is 0 Å². The molecule has 0 spiro atoms. The average molecular weight is 456 g/mol. The quantitative estimate of drug-likeness (QED) is 0.489. The number of nitrogens with zero attached hydrogens (tertiary/aromatic N) is 2. The van der Waals surface area contributed by atoms with Gasteiger partial charge in [0.2, 0.25) is 5.91 Å². The minimum Gasteiger partial charge on any atom is -0.348 e. The molecule has 2 heterocycles. The molecule has 1 atom stereocenters. The van der Waals surface area contributed by atoms with Crippen molar-refractivity contribution in [1.29, 1.82) is 0 Å². The van der Waals surface area contributed by atoms with Crippen LogP contribution in [0, 0.1) is 18.6 Å². The van der Waals surface area contributed by atoms with Gasteiger partial charge in [-0.2, -0.15) is 0 Å². The third-order valence-corrected chi connectivity index (χ3v) is 4.83. The van der Waals surface area contributed by atoms with Gasteiger partial charge in [0.25, 0.3) is 5.56 Å². The minimum atomic E-state index is -0.801. The topological polar surface area (TPSA) is 96.8 Å². The van der Waals surface area contributed by atoms with Gasteiger partial charge in [0, 0.05) is 26.9 Å². The highest BCUT2D eigenvalue weighted by Crippen LogP contribution is 2.17. The molecule has 0 saturated carbocycles. The maximum absolute atomic E-state index is 13.8. The van der Waals surface area contributed by atoms with E-state index in [1.54, 1.807) is 0 Å². The number of H-pyrrole nitrogens is 1. The molecule has 7 nitrogen and oxygen atoms in total. The zero-order valence-electron chi connectivity index (χ0n) is 18.0. The van der Waals surface area contributed by atoms with Gasteiger partial charge in [0.1, 0.15) is 18.2 Å². The van der Waals surface area contributed by atoms with Gasteiger partial charge in [-0.3, -0.25) is 19.1 Å². The fourth-order valence-electron chi connectivity index (χ4n) is 3.13. The summed E-state index contributed by atoms with van der Waals surface area (Å²) in [6.45, 7) is 3.04.